The normalized spacial score (nSPS) is 11.8. The van der Waals surface area contributed by atoms with Crippen molar-refractivity contribution in [2.75, 3.05) is 11.9 Å². The van der Waals surface area contributed by atoms with E-state index in [1.807, 2.05) is 51.1 Å². The second kappa shape index (κ2) is 7.77. The molecule has 24 heavy (non-hydrogen) atoms. The number of amides is 2. The van der Waals surface area contributed by atoms with Crippen molar-refractivity contribution in [3.8, 4) is 0 Å². The standard InChI is InChI=1S/C18H24N4O2/c1-12-11-13(2)22(21-12)14(3)18(24)19-10-9-16-5-7-17(8-6-16)20-15(4)23/h5-8,11,14H,9-10H2,1-4H3,(H,19,24)(H,20,23)/t14-/m0/s1. The molecule has 1 aromatic carbocycles. The Labute approximate surface area is 142 Å². The first-order valence-corrected chi connectivity index (χ1v) is 8.04. The molecule has 2 aromatic rings. The average Bonchev–Trinajstić information content (AvgIpc) is 2.86. The molecule has 128 valence electrons. The van der Waals surface area contributed by atoms with Crippen molar-refractivity contribution in [1.82, 2.24) is 15.1 Å². The SMILES string of the molecule is CC(=O)Nc1ccc(CCNC(=O)[C@H](C)n2nc(C)cc2C)cc1. The van der Waals surface area contributed by atoms with Gasteiger partial charge in [0.25, 0.3) is 0 Å². The summed E-state index contributed by atoms with van der Waals surface area (Å²) in [6, 6.07) is 9.24. The summed E-state index contributed by atoms with van der Waals surface area (Å²) in [5.74, 6) is -0.135. The average molecular weight is 328 g/mol. The van der Waals surface area contributed by atoms with Gasteiger partial charge in [-0.15, -0.1) is 0 Å². The van der Waals surface area contributed by atoms with Crippen LogP contribution in [0.5, 0.6) is 0 Å². The van der Waals surface area contributed by atoms with Crippen molar-refractivity contribution >= 4 is 17.5 Å². The highest BCUT2D eigenvalue weighted by atomic mass is 16.2. The maximum Gasteiger partial charge on any atom is 0.244 e. The summed E-state index contributed by atoms with van der Waals surface area (Å²) in [5.41, 5.74) is 3.76. The number of rotatable bonds is 6. The summed E-state index contributed by atoms with van der Waals surface area (Å²) in [4.78, 5) is 23.2. The fourth-order valence-electron chi connectivity index (χ4n) is 2.58. The Hall–Kier alpha value is -2.63. The molecule has 2 rings (SSSR count). The van der Waals surface area contributed by atoms with E-state index in [0.29, 0.717) is 6.54 Å². The molecule has 0 bridgehead atoms. The van der Waals surface area contributed by atoms with Crippen LogP contribution in [0.1, 0.15) is 36.8 Å². The van der Waals surface area contributed by atoms with Crippen LogP contribution in [0.15, 0.2) is 30.3 Å². The lowest BCUT2D eigenvalue weighted by atomic mass is 10.1. The topological polar surface area (TPSA) is 76.0 Å². The van der Waals surface area contributed by atoms with Crippen LogP contribution in [-0.2, 0) is 16.0 Å². The van der Waals surface area contributed by atoms with Crippen molar-refractivity contribution in [2.24, 2.45) is 0 Å². The number of hydrogen-bond acceptors (Lipinski definition) is 3. The van der Waals surface area contributed by atoms with Crippen molar-refractivity contribution < 1.29 is 9.59 Å². The fourth-order valence-corrected chi connectivity index (χ4v) is 2.58. The summed E-state index contributed by atoms with van der Waals surface area (Å²) >= 11 is 0. The maximum absolute atomic E-state index is 12.3. The molecule has 0 aliphatic carbocycles. The lowest BCUT2D eigenvalue weighted by Gasteiger charge is -2.14. The van der Waals surface area contributed by atoms with E-state index in [-0.39, 0.29) is 17.9 Å². The molecule has 0 aliphatic heterocycles. The van der Waals surface area contributed by atoms with Crippen LogP contribution in [0.2, 0.25) is 0 Å². The van der Waals surface area contributed by atoms with E-state index in [1.165, 1.54) is 6.92 Å². The van der Waals surface area contributed by atoms with E-state index in [0.717, 1.165) is 29.1 Å². The van der Waals surface area contributed by atoms with Crippen LogP contribution in [0.25, 0.3) is 0 Å². The molecule has 6 nitrogen and oxygen atoms in total. The summed E-state index contributed by atoms with van der Waals surface area (Å²) in [6.07, 6.45) is 0.732. The highest BCUT2D eigenvalue weighted by Gasteiger charge is 2.17. The van der Waals surface area contributed by atoms with Crippen LogP contribution in [-0.4, -0.2) is 28.1 Å². The molecule has 2 amide bonds. The zero-order valence-corrected chi connectivity index (χ0v) is 14.6. The minimum absolute atomic E-state index is 0.0453. The Morgan fingerprint density at radius 1 is 1.21 bits per heavy atom. The first-order chi connectivity index (χ1) is 11.4. The van der Waals surface area contributed by atoms with Gasteiger partial charge in [-0.1, -0.05) is 12.1 Å². The zero-order chi connectivity index (χ0) is 17.7. The van der Waals surface area contributed by atoms with Gasteiger partial charge in [0.2, 0.25) is 11.8 Å². The molecule has 0 fully saturated rings. The highest BCUT2D eigenvalue weighted by Crippen LogP contribution is 2.12. The van der Waals surface area contributed by atoms with Gasteiger partial charge in [0.15, 0.2) is 0 Å². The molecular weight excluding hydrogens is 304 g/mol. The van der Waals surface area contributed by atoms with Crippen LogP contribution >= 0.6 is 0 Å². The number of carbonyl (C=O) groups is 2. The number of nitrogens with one attached hydrogen (secondary N) is 2. The van der Waals surface area contributed by atoms with Gasteiger partial charge >= 0.3 is 0 Å². The lowest BCUT2D eigenvalue weighted by molar-refractivity contribution is -0.124. The van der Waals surface area contributed by atoms with Crippen LogP contribution in [0.4, 0.5) is 5.69 Å². The fraction of sp³-hybridized carbons (Fsp3) is 0.389. The molecule has 2 N–H and O–H groups in total. The summed E-state index contributed by atoms with van der Waals surface area (Å²) < 4.78 is 1.74. The van der Waals surface area contributed by atoms with E-state index < -0.39 is 0 Å². The Morgan fingerprint density at radius 3 is 2.42 bits per heavy atom. The predicted octanol–water partition coefficient (Wildman–Crippen LogP) is 2.38. The Balaban J connectivity index is 1.84. The third-order valence-corrected chi connectivity index (χ3v) is 3.78. The highest BCUT2D eigenvalue weighted by molar-refractivity contribution is 5.88. The molecule has 1 atom stereocenters. The molecule has 0 spiro atoms. The minimum atomic E-state index is -0.333. The molecule has 1 aromatic heterocycles. The first kappa shape index (κ1) is 17.7. The van der Waals surface area contributed by atoms with Crippen molar-refractivity contribution in [3.05, 3.63) is 47.3 Å². The number of aromatic nitrogens is 2. The summed E-state index contributed by atoms with van der Waals surface area (Å²) in [5, 5.41) is 10.0. The van der Waals surface area contributed by atoms with Crippen molar-refractivity contribution in [2.45, 2.75) is 40.2 Å². The third kappa shape index (κ3) is 4.68. The van der Waals surface area contributed by atoms with Crippen LogP contribution in [0.3, 0.4) is 0 Å². The van der Waals surface area contributed by atoms with E-state index >= 15 is 0 Å². The smallest absolute Gasteiger partial charge is 0.244 e. The number of anilines is 1. The third-order valence-electron chi connectivity index (χ3n) is 3.78. The Kier molecular flexibility index (Phi) is 5.73. The number of carbonyl (C=O) groups excluding carboxylic acids is 2. The number of hydrogen-bond donors (Lipinski definition) is 2. The minimum Gasteiger partial charge on any atom is -0.354 e. The Bertz CT molecular complexity index is 719. The molecule has 0 saturated heterocycles. The molecule has 1 heterocycles. The summed E-state index contributed by atoms with van der Waals surface area (Å²) in [7, 11) is 0. The number of aryl methyl sites for hydroxylation is 2. The predicted molar refractivity (Wildman–Crippen MR) is 93.9 cm³/mol. The van der Waals surface area contributed by atoms with Gasteiger partial charge in [0.1, 0.15) is 6.04 Å². The van der Waals surface area contributed by atoms with Crippen LogP contribution in [0, 0.1) is 13.8 Å². The monoisotopic (exact) mass is 328 g/mol. The summed E-state index contributed by atoms with van der Waals surface area (Å²) in [6.45, 7) is 7.74. The second-order valence-electron chi connectivity index (χ2n) is 5.97. The molecule has 0 aliphatic rings. The maximum atomic E-state index is 12.3. The molecule has 0 saturated carbocycles. The van der Waals surface area contributed by atoms with Gasteiger partial charge in [-0.3, -0.25) is 14.3 Å². The van der Waals surface area contributed by atoms with Gasteiger partial charge in [-0.05, 0) is 51.0 Å². The number of benzene rings is 1. The van der Waals surface area contributed by atoms with E-state index in [4.69, 9.17) is 0 Å². The van der Waals surface area contributed by atoms with Gasteiger partial charge in [0, 0.05) is 24.8 Å². The quantitative estimate of drug-likeness (QED) is 0.855. The molecule has 0 radical (unpaired) electrons. The van der Waals surface area contributed by atoms with E-state index in [1.54, 1.807) is 4.68 Å². The molecule has 6 heteroatoms. The van der Waals surface area contributed by atoms with E-state index in [2.05, 4.69) is 15.7 Å². The first-order valence-electron chi connectivity index (χ1n) is 8.04. The van der Waals surface area contributed by atoms with Crippen LogP contribution < -0.4 is 10.6 Å². The number of nitrogens with zero attached hydrogens (tertiary/aromatic N) is 2. The lowest BCUT2D eigenvalue weighted by Crippen LogP contribution is -2.33. The second-order valence-corrected chi connectivity index (χ2v) is 5.97. The molecular formula is C18H24N4O2. The Morgan fingerprint density at radius 2 is 1.88 bits per heavy atom. The zero-order valence-electron chi connectivity index (χ0n) is 14.6. The van der Waals surface area contributed by atoms with E-state index in [9.17, 15) is 9.59 Å². The van der Waals surface area contributed by atoms with Crippen molar-refractivity contribution in [3.63, 3.8) is 0 Å². The molecule has 0 unspecified atom stereocenters. The van der Waals surface area contributed by atoms with Gasteiger partial charge in [-0.2, -0.15) is 5.10 Å². The van der Waals surface area contributed by atoms with Crippen molar-refractivity contribution in [1.29, 1.82) is 0 Å². The van der Waals surface area contributed by atoms with Gasteiger partial charge in [-0.25, -0.2) is 0 Å². The largest absolute Gasteiger partial charge is 0.354 e. The van der Waals surface area contributed by atoms with Gasteiger partial charge < -0.3 is 10.6 Å². The van der Waals surface area contributed by atoms with Gasteiger partial charge in [0.05, 0.1) is 5.69 Å².